The van der Waals surface area contributed by atoms with E-state index in [1.165, 1.54) is 12.2 Å². The molecule has 3 aromatic heterocycles. The predicted molar refractivity (Wildman–Crippen MR) is 128 cm³/mol. The average Bonchev–Trinajstić information content (AvgIpc) is 3.58. The quantitative estimate of drug-likeness (QED) is 0.213. The molecule has 0 N–H and O–H groups in total. The van der Waals surface area contributed by atoms with Crippen molar-refractivity contribution in [2.24, 2.45) is 0 Å². The van der Waals surface area contributed by atoms with E-state index < -0.39 is 0 Å². The smallest absolute Gasteiger partial charge is 0.261 e. The van der Waals surface area contributed by atoms with Gasteiger partial charge in [-0.15, -0.1) is 11.3 Å². The summed E-state index contributed by atoms with van der Waals surface area (Å²) in [6, 6.07) is 13.1. The van der Waals surface area contributed by atoms with Gasteiger partial charge in [-0.1, -0.05) is 19.1 Å². The molecule has 0 aromatic carbocycles. The molecule has 0 saturated carbocycles. The third-order valence-electron chi connectivity index (χ3n) is 4.41. The Morgan fingerprint density at radius 1 is 0.939 bits per heavy atom. The van der Waals surface area contributed by atoms with E-state index in [0.717, 1.165) is 33.3 Å². The second-order valence-electron chi connectivity index (χ2n) is 6.49. The van der Waals surface area contributed by atoms with Crippen LogP contribution in [0, 0.1) is 35.8 Å². The number of furan rings is 2. The van der Waals surface area contributed by atoms with Crippen molar-refractivity contribution >= 4 is 23.5 Å². The van der Waals surface area contributed by atoms with Crippen LogP contribution in [0.15, 0.2) is 74.9 Å². The van der Waals surface area contributed by atoms with Gasteiger partial charge in [-0.2, -0.15) is 0 Å². The lowest BCUT2D eigenvalue weighted by Crippen LogP contribution is -1.77. The van der Waals surface area contributed by atoms with Crippen molar-refractivity contribution in [1.29, 1.82) is 10.5 Å². The zero-order valence-electron chi connectivity index (χ0n) is 17.6. The molecule has 0 saturated heterocycles. The van der Waals surface area contributed by atoms with E-state index in [1.54, 1.807) is 35.6 Å². The molecule has 0 aliphatic rings. The molecule has 7 heteroatoms. The molecule has 0 aliphatic heterocycles. The van der Waals surface area contributed by atoms with Gasteiger partial charge in [0, 0.05) is 0 Å². The molecule has 0 spiro atoms. The molecule has 0 atom stereocenters. The van der Waals surface area contributed by atoms with Crippen LogP contribution in [0.2, 0.25) is 0 Å². The molecular formula is C26H16N4O2S. The number of rotatable bonds is 7. The van der Waals surface area contributed by atoms with Crippen molar-refractivity contribution in [3.63, 3.8) is 0 Å². The van der Waals surface area contributed by atoms with E-state index in [1.807, 2.05) is 36.4 Å². The highest BCUT2D eigenvalue weighted by atomic mass is 32.1. The Kier molecular flexibility index (Phi) is 7.61. The van der Waals surface area contributed by atoms with Gasteiger partial charge in [0.15, 0.2) is 0 Å². The number of nitriles is 2. The van der Waals surface area contributed by atoms with E-state index in [2.05, 4.69) is 22.7 Å². The van der Waals surface area contributed by atoms with E-state index >= 15 is 0 Å². The fourth-order valence-corrected chi connectivity index (χ4v) is 4.00. The minimum Gasteiger partial charge on any atom is -0.456 e. The van der Waals surface area contributed by atoms with Crippen LogP contribution in [0.4, 0.5) is 0 Å². The zero-order chi connectivity index (χ0) is 23.6. The van der Waals surface area contributed by atoms with Crippen molar-refractivity contribution in [2.75, 3.05) is 0 Å². The van der Waals surface area contributed by atoms with E-state index in [0.29, 0.717) is 11.5 Å². The number of allylic oxidation sites excluding steroid dienone is 6. The Morgan fingerprint density at radius 2 is 1.48 bits per heavy atom. The highest BCUT2D eigenvalue weighted by Crippen LogP contribution is 2.40. The molecule has 0 unspecified atom stereocenters. The lowest BCUT2D eigenvalue weighted by molar-refractivity contribution is 0.572. The second kappa shape index (κ2) is 11.0. The Hall–Kier alpha value is -4.82. The van der Waals surface area contributed by atoms with Gasteiger partial charge in [-0.3, -0.25) is 0 Å². The largest absolute Gasteiger partial charge is 0.456 e. The second-order valence-corrected chi connectivity index (χ2v) is 7.54. The summed E-state index contributed by atoms with van der Waals surface area (Å²) in [4.78, 5) is 8.18. The Labute approximate surface area is 195 Å². The van der Waals surface area contributed by atoms with E-state index in [9.17, 15) is 0 Å². The molecule has 33 heavy (non-hydrogen) atoms. The van der Waals surface area contributed by atoms with Gasteiger partial charge in [0.1, 0.15) is 23.0 Å². The van der Waals surface area contributed by atoms with Crippen molar-refractivity contribution in [1.82, 2.24) is 0 Å². The zero-order valence-corrected chi connectivity index (χ0v) is 18.4. The third kappa shape index (κ3) is 5.66. The molecule has 0 fully saturated rings. The number of hydrogen-bond acceptors (Lipinski definition) is 5. The van der Waals surface area contributed by atoms with Crippen LogP contribution in [0.3, 0.4) is 0 Å². The first-order valence-electron chi connectivity index (χ1n) is 9.76. The third-order valence-corrected chi connectivity index (χ3v) is 5.62. The standard InChI is InChI=1S/C26H16N4O2S/c1-4-18-15-25(23-13-11-21(31-23)9-5-7-19(16-27)29-2)33-26(18)24-14-12-22(32-24)10-6-8-20(17-28)30-3/h5-15H,4H2,1H3/b9-5+,10-6+,19-7+,20-8-. The summed E-state index contributed by atoms with van der Waals surface area (Å²) in [6.45, 7) is 15.8. The van der Waals surface area contributed by atoms with Crippen LogP contribution in [-0.2, 0) is 6.42 Å². The van der Waals surface area contributed by atoms with Crippen LogP contribution >= 0.6 is 11.3 Å². The summed E-state index contributed by atoms with van der Waals surface area (Å²) in [5.41, 5.74) is 1.15. The average molecular weight is 449 g/mol. The van der Waals surface area contributed by atoms with E-state index in [-0.39, 0.29) is 11.4 Å². The Bertz CT molecular complexity index is 1410. The van der Waals surface area contributed by atoms with Crippen LogP contribution in [-0.4, -0.2) is 0 Å². The topological polar surface area (TPSA) is 82.6 Å². The Balaban J connectivity index is 1.83. The maximum Gasteiger partial charge on any atom is 0.261 e. The molecule has 3 aromatic rings. The monoisotopic (exact) mass is 448 g/mol. The van der Waals surface area contributed by atoms with Crippen molar-refractivity contribution in [2.45, 2.75) is 13.3 Å². The SMILES string of the molecule is [C-]#[N+]/C(C#N)=C\C=C\c1ccc(-c2sc(-c3ccc(/C=C/C=C(\C#N)[N+]#[C-])o3)cc2CC)o1. The summed E-state index contributed by atoms with van der Waals surface area (Å²) < 4.78 is 11.9. The van der Waals surface area contributed by atoms with Gasteiger partial charge in [-0.05, 0) is 66.6 Å². The van der Waals surface area contributed by atoms with Gasteiger partial charge < -0.3 is 8.83 Å². The lowest BCUT2D eigenvalue weighted by Gasteiger charge is -1.96. The molecular weight excluding hydrogens is 432 g/mol. The summed E-state index contributed by atoms with van der Waals surface area (Å²) in [7, 11) is 0. The lowest BCUT2D eigenvalue weighted by atomic mass is 10.1. The molecule has 0 bridgehead atoms. The molecule has 158 valence electrons. The first-order valence-corrected chi connectivity index (χ1v) is 10.6. The normalized spacial score (nSPS) is 11.9. The van der Waals surface area contributed by atoms with Crippen LogP contribution in [0.1, 0.15) is 24.0 Å². The van der Waals surface area contributed by atoms with Crippen molar-refractivity contribution in [3.8, 4) is 33.4 Å². The van der Waals surface area contributed by atoms with Gasteiger partial charge in [0.05, 0.1) is 35.0 Å². The van der Waals surface area contributed by atoms with Gasteiger partial charge in [0.2, 0.25) is 0 Å². The van der Waals surface area contributed by atoms with Gasteiger partial charge >= 0.3 is 0 Å². The maximum atomic E-state index is 8.79. The fourth-order valence-electron chi connectivity index (χ4n) is 2.83. The summed E-state index contributed by atoms with van der Waals surface area (Å²) in [5, 5.41) is 17.6. The molecule has 0 aliphatic carbocycles. The predicted octanol–water partition coefficient (Wildman–Crippen LogP) is 7.51. The number of aryl methyl sites for hydroxylation is 1. The Morgan fingerprint density at radius 3 is 2.00 bits per heavy atom. The first kappa shape index (κ1) is 22.9. The summed E-state index contributed by atoms with van der Waals surface area (Å²) in [5.74, 6) is 2.69. The maximum absolute atomic E-state index is 8.79. The molecule has 6 nitrogen and oxygen atoms in total. The molecule has 0 radical (unpaired) electrons. The van der Waals surface area contributed by atoms with Crippen LogP contribution in [0.5, 0.6) is 0 Å². The van der Waals surface area contributed by atoms with Crippen molar-refractivity contribution in [3.05, 3.63) is 106 Å². The highest BCUT2D eigenvalue weighted by molar-refractivity contribution is 7.18. The number of hydrogen-bond donors (Lipinski definition) is 0. The molecule has 3 rings (SSSR count). The molecule has 3 heterocycles. The fraction of sp³-hybridized carbons (Fsp3) is 0.0769. The van der Waals surface area contributed by atoms with Crippen molar-refractivity contribution < 1.29 is 8.83 Å². The summed E-state index contributed by atoms with van der Waals surface area (Å²) >= 11 is 1.56. The minimum absolute atomic E-state index is 0.00842. The number of nitrogens with zero attached hydrogens (tertiary/aromatic N) is 4. The summed E-state index contributed by atoms with van der Waals surface area (Å²) in [6.07, 6.45) is 10.3. The number of thiophene rings is 1. The van der Waals surface area contributed by atoms with Crippen LogP contribution in [0.25, 0.3) is 43.1 Å². The van der Waals surface area contributed by atoms with Gasteiger partial charge in [0.25, 0.3) is 11.4 Å². The highest BCUT2D eigenvalue weighted by Gasteiger charge is 2.16. The van der Waals surface area contributed by atoms with E-state index in [4.69, 9.17) is 32.5 Å². The first-order chi connectivity index (χ1) is 16.1. The minimum atomic E-state index is 0.00842. The molecule has 0 amide bonds. The van der Waals surface area contributed by atoms with Gasteiger partial charge in [-0.25, -0.2) is 20.2 Å². The van der Waals surface area contributed by atoms with Crippen LogP contribution < -0.4 is 0 Å².